The topological polar surface area (TPSA) is 24.5 Å². The number of morpholine rings is 1. The third kappa shape index (κ3) is 4.61. The van der Waals surface area contributed by atoms with Gasteiger partial charge in [-0.1, -0.05) is 12.8 Å². The Hall–Kier alpha value is -0.330. The SMILES string of the molecule is FC(F)(F)C1CCCCC1NCCN1CCOCC1. The molecule has 0 spiro atoms. The van der Waals surface area contributed by atoms with Crippen LogP contribution in [0, 0.1) is 5.92 Å². The van der Waals surface area contributed by atoms with Crippen molar-refractivity contribution in [2.45, 2.75) is 37.9 Å². The Balaban J connectivity index is 1.73. The van der Waals surface area contributed by atoms with Gasteiger partial charge in [0.05, 0.1) is 19.1 Å². The maximum Gasteiger partial charge on any atom is 0.393 e. The minimum Gasteiger partial charge on any atom is -0.379 e. The van der Waals surface area contributed by atoms with Crippen molar-refractivity contribution in [3.63, 3.8) is 0 Å². The van der Waals surface area contributed by atoms with E-state index in [9.17, 15) is 13.2 Å². The van der Waals surface area contributed by atoms with E-state index in [1.807, 2.05) is 0 Å². The van der Waals surface area contributed by atoms with Crippen LogP contribution in [0.3, 0.4) is 0 Å². The van der Waals surface area contributed by atoms with Crippen molar-refractivity contribution in [3.8, 4) is 0 Å². The minimum atomic E-state index is -4.06. The molecule has 1 aliphatic carbocycles. The molecule has 2 unspecified atom stereocenters. The predicted octanol–water partition coefficient (Wildman–Crippen LogP) is 2.03. The Morgan fingerprint density at radius 3 is 2.47 bits per heavy atom. The Morgan fingerprint density at radius 1 is 1.11 bits per heavy atom. The predicted molar refractivity (Wildman–Crippen MR) is 67.1 cm³/mol. The second kappa shape index (κ2) is 6.90. The first kappa shape index (κ1) is 15.1. The van der Waals surface area contributed by atoms with Crippen molar-refractivity contribution in [1.29, 1.82) is 0 Å². The van der Waals surface area contributed by atoms with Crippen molar-refractivity contribution in [2.24, 2.45) is 5.92 Å². The zero-order valence-electron chi connectivity index (χ0n) is 11.2. The maximum atomic E-state index is 12.9. The Labute approximate surface area is 112 Å². The summed E-state index contributed by atoms with van der Waals surface area (Å²) in [5.74, 6) is -1.16. The van der Waals surface area contributed by atoms with Crippen molar-refractivity contribution < 1.29 is 17.9 Å². The van der Waals surface area contributed by atoms with Gasteiger partial charge in [-0.05, 0) is 12.8 Å². The van der Waals surface area contributed by atoms with E-state index < -0.39 is 18.1 Å². The fourth-order valence-electron chi connectivity index (χ4n) is 3.00. The molecule has 0 amide bonds. The highest BCUT2D eigenvalue weighted by molar-refractivity contribution is 4.85. The molecule has 0 aromatic heterocycles. The number of halogens is 3. The first-order chi connectivity index (χ1) is 9.07. The van der Waals surface area contributed by atoms with Crippen LogP contribution in [-0.4, -0.2) is 56.5 Å². The van der Waals surface area contributed by atoms with E-state index in [2.05, 4.69) is 10.2 Å². The van der Waals surface area contributed by atoms with Crippen LogP contribution in [0.15, 0.2) is 0 Å². The molecule has 1 aliphatic heterocycles. The zero-order chi connectivity index (χ0) is 13.7. The Morgan fingerprint density at radius 2 is 1.79 bits per heavy atom. The lowest BCUT2D eigenvalue weighted by molar-refractivity contribution is -0.188. The van der Waals surface area contributed by atoms with Gasteiger partial charge in [-0.25, -0.2) is 0 Å². The summed E-state index contributed by atoms with van der Waals surface area (Å²) >= 11 is 0. The third-order valence-corrected chi connectivity index (χ3v) is 4.12. The molecule has 1 saturated heterocycles. The number of alkyl halides is 3. The first-order valence-electron chi connectivity index (χ1n) is 7.17. The van der Waals surface area contributed by atoms with Crippen LogP contribution >= 0.6 is 0 Å². The van der Waals surface area contributed by atoms with E-state index in [1.54, 1.807) is 0 Å². The molecule has 1 heterocycles. The summed E-state index contributed by atoms with van der Waals surface area (Å²) in [4.78, 5) is 2.24. The van der Waals surface area contributed by atoms with E-state index in [0.717, 1.165) is 39.3 Å². The lowest BCUT2D eigenvalue weighted by atomic mass is 9.84. The van der Waals surface area contributed by atoms with Gasteiger partial charge in [0.15, 0.2) is 0 Å². The number of nitrogens with zero attached hydrogens (tertiary/aromatic N) is 1. The van der Waals surface area contributed by atoms with Crippen LogP contribution in [0.5, 0.6) is 0 Å². The summed E-state index contributed by atoms with van der Waals surface area (Å²) in [6.07, 6.45) is -1.53. The largest absolute Gasteiger partial charge is 0.393 e. The second-order valence-corrected chi connectivity index (χ2v) is 5.45. The van der Waals surface area contributed by atoms with E-state index in [0.29, 0.717) is 19.4 Å². The summed E-state index contributed by atoms with van der Waals surface area (Å²) < 4.78 is 44.0. The highest BCUT2D eigenvalue weighted by atomic mass is 19.4. The van der Waals surface area contributed by atoms with Crippen LogP contribution in [0.25, 0.3) is 0 Å². The number of ether oxygens (including phenoxy) is 1. The lowest BCUT2D eigenvalue weighted by Crippen LogP contribution is -2.48. The second-order valence-electron chi connectivity index (χ2n) is 5.45. The van der Waals surface area contributed by atoms with Gasteiger partial charge in [-0.2, -0.15) is 13.2 Å². The normalized spacial score (nSPS) is 30.5. The van der Waals surface area contributed by atoms with Gasteiger partial charge in [0.2, 0.25) is 0 Å². The fraction of sp³-hybridized carbons (Fsp3) is 1.00. The van der Waals surface area contributed by atoms with Crippen molar-refractivity contribution in [2.75, 3.05) is 39.4 Å². The number of hydrogen-bond acceptors (Lipinski definition) is 3. The Kier molecular flexibility index (Phi) is 5.47. The van der Waals surface area contributed by atoms with E-state index in [4.69, 9.17) is 4.74 Å². The third-order valence-electron chi connectivity index (χ3n) is 4.12. The molecule has 0 bridgehead atoms. The molecular weight excluding hydrogens is 257 g/mol. The van der Waals surface area contributed by atoms with Crippen molar-refractivity contribution >= 4 is 0 Å². The van der Waals surface area contributed by atoms with Crippen LogP contribution in [0.2, 0.25) is 0 Å². The average Bonchev–Trinajstić information content (AvgIpc) is 2.39. The van der Waals surface area contributed by atoms with Crippen LogP contribution in [0.4, 0.5) is 13.2 Å². The molecule has 6 heteroatoms. The van der Waals surface area contributed by atoms with Crippen molar-refractivity contribution in [1.82, 2.24) is 10.2 Å². The van der Waals surface area contributed by atoms with Crippen molar-refractivity contribution in [3.05, 3.63) is 0 Å². The van der Waals surface area contributed by atoms with Gasteiger partial charge in [-0.15, -0.1) is 0 Å². The summed E-state index contributed by atoms with van der Waals surface area (Å²) in [5.41, 5.74) is 0. The standard InChI is InChI=1S/C13H23F3N2O/c14-13(15,16)11-3-1-2-4-12(11)17-5-6-18-7-9-19-10-8-18/h11-12,17H,1-10H2. The molecular formula is C13H23F3N2O. The van der Waals surface area contributed by atoms with E-state index >= 15 is 0 Å². The number of hydrogen-bond donors (Lipinski definition) is 1. The monoisotopic (exact) mass is 280 g/mol. The summed E-state index contributed by atoms with van der Waals surface area (Å²) in [7, 11) is 0. The molecule has 1 N–H and O–H groups in total. The van der Waals surface area contributed by atoms with Gasteiger partial charge in [0, 0.05) is 32.2 Å². The average molecular weight is 280 g/mol. The molecule has 2 atom stereocenters. The maximum absolute atomic E-state index is 12.9. The molecule has 112 valence electrons. The molecule has 1 saturated carbocycles. The number of rotatable bonds is 4. The molecule has 2 aliphatic rings. The van der Waals surface area contributed by atoms with E-state index in [-0.39, 0.29) is 6.42 Å². The lowest BCUT2D eigenvalue weighted by Gasteiger charge is -2.34. The van der Waals surface area contributed by atoms with Crippen LogP contribution in [0.1, 0.15) is 25.7 Å². The van der Waals surface area contributed by atoms with Crippen LogP contribution < -0.4 is 5.32 Å². The van der Waals surface area contributed by atoms with Gasteiger partial charge >= 0.3 is 6.18 Å². The van der Waals surface area contributed by atoms with Gasteiger partial charge in [0.25, 0.3) is 0 Å². The molecule has 0 radical (unpaired) electrons. The summed E-state index contributed by atoms with van der Waals surface area (Å²) in [6.45, 7) is 4.68. The Bertz CT molecular complexity index is 267. The summed E-state index contributed by atoms with van der Waals surface area (Å²) in [6, 6.07) is -0.394. The van der Waals surface area contributed by atoms with Crippen LogP contribution in [-0.2, 0) is 4.74 Å². The summed E-state index contributed by atoms with van der Waals surface area (Å²) in [5, 5.41) is 3.12. The molecule has 3 nitrogen and oxygen atoms in total. The molecule has 0 aromatic carbocycles. The van der Waals surface area contributed by atoms with Gasteiger partial charge in [0.1, 0.15) is 0 Å². The number of nitrogens with one attached hydrogen (secondary N) is 1. The highest BCUT2D eigenvalue weighted by Crippen LogP contribution is 2.37. The molecule has 0 aromatic rings. The highest BCUT2D eigenvalue weighted by Gasteiger charge is 2.45. The molecule has 2 fully saturated rings. The minimum absolute atomic E-state index is 0.277. The first-order valence-corrected chi connectivity index (χ1v) is 7.17. The van der Waals surface area contributed by atoms with E-state index in [1.165, 1.54) is 0 Å². The molecule has 2 rings (SSSR count). The quantitative estimate of drug-likeness (QED) is 0.853. The zero-order valence-corrected chi connectivity index (χ0v) is 11.2. The van der Waals surface area contributed by atoms with Gasteiger partial charge < -0.3 is 10.1 Å². The van der Waals surface area contributed by atoms with Gasteiger partial charge in [-0.3, -0.25) is 4.90 Å². The molecule has 19 heavy (non-hydrogen) atoms. The smallest absolute Gasteiger partial charge is 0.379 e. The fourth-order valence-corrected chi connectivity index (χ4v) is 3.00.